The van der Waals surface area contributed by atoms with Gasteiger partial charge in [-0.2, -0.15) is 0 Å². The lowest BCUT2D eigenvalue weighted by molar-refractivity contribution is 0.0856. The van der Waals surface area contributed by atoms with Crippen molar-refractivity contribution < 1.29 is 13.5 Å². The van der Waals surface area contributed by atoms with Gasteiger partial charge in [-0.05, 0) is 53.6 Å². The van der Waals surface area contributed by atoms with Gasteiger partial charge in [-0.25, -0.2) is 8.78 Å². The van der Waals surface area contributed by atoms with Crippen LogP contribution >= 0.6 is 0 Å². The second kappa shape index (κ2) is 8.18. The summed E-state index contributed by atoms with van der Waals surface area (Å²) in [6.45, 7) is 10.2. The third-order valence-corrected chi connectivity index (χ3v) is 7.34. The Morgan fingerprint density at radius 3 is 2.53 bits per heavy atom. The topological polar surface area (TPSA) is 24.5 Å². The Bertz CT molecular complexity index is 997. The van der Waals surface area contributed by atoms with Crippen LogP contribution < -0.4 is 10.1 Å². The summed E-state index contributed by atoms with van der Waals surface area (Å²) in [5, 5.41) is 3.49. The van der Waals surface area contributed by atoms with Crippen LogP contribution in [0.5, 0.6) is 5.75 Å². The summed E-state index contributed by atoms with van der Waals surface area (Å²) < 4.78 is 31.7. The van der Waals surface area contributed by atoms with E-state index in [1.165, 1.54) is 35.1 Å². The fourth-order valence-electron chi connectivity index (χ4n) is 4.39. The average Bonchev–Trinajstić information content (AvgIpc) is 3.68. The van der Waals surface area contributed by atoms with Crippen molar-refractivity contribution >= 4 is 0 Å². The molecule has 2 aromatic carbocycles. The molecule has 2 aliphatic carbocycles. The first-order chi connectivity index (χ1) is 15.3. The molecule has 0 saturated heterocycles. The van der Waals surface area contributed by atoms with E-state index in [9.17, 15) is 8.78 Å². The van der Waals surface area contributed by atoms with Crippen LogP contribution in [0.4, 0.5) is 8.78 Å². The molecule has 170 valence electrons. The van der Waals surface area contributed by atoms with Crippen molar-refractivity contribution in [3.05, 3.63) is 77.0 Å². The van der Waals surface area contributed by atoms with Gasteiger partial charge in [0.2, 0.25) is 0 Å². The molecule has 0 amide bonds. The van der Waals surface area contributed by atoms with Crippen molar-refractivity contribution in [3.8, 4) is 5.75 Å². The normalized spacial score (nSPS) is 22.7. The van der Waals surface area contributed by atoms with Gasteiger partial charge in [0.1, 0.15) is 5.75 Å². The third kappa shape index (κ3) is 4.83. The quantitative estimate of drug-likeness (QED) is 0.545. The largest absolute Gasteiger partial charge is 0.493 e. The van der Waals surface area contributed by atoms with Crippen LogP contribution in [0.2, 0.25) is 0 Å². The molecule has 1 aliphatic heterocycles. The minimum absolute atomic E-state index is 0.0425. The molecular formula is C27H32F2N2O. The molecule has 1 N–H and O–H groups in total. The summed E-state index contributed by atoms with van der Waals surface area (Å²) in [6.07, 6.45) is 3.39. The molecule has 3 aliphatic rings. The molecule has 0 spiro atoms. The number of rotatable bonds is 9. The van der Waals surface area contributed by atoms with E-state index in [0.717, 1.165) is 38.3 Å². The van der Waals surface area contributed by atoms with E-state index in [0.29, 0.717) is 11.2 Å². The maximum Gasteiger partial charge on any atom is 0.255 e. The number of hydrogen-bond donors (Lipinski definition) is 1. The summed E-state index contributed by atoms with van der Waals surface area (Å²) in [5.74, 6) is -2.42. The molecular weight excluding hydrogens is 406 g/mol. The minimum Gasteiger partial charge on any atom is -0.493 e. The van der Waals surface area contributed by atoms with Gasteiger partial charge < -0.3 is 10.1 Å². The van der Waals surface area contributed by atoms with Crippen LogP contribution in [-0.4, -0.2) is 24.0 Å². The van der Waals surface area contributed by atoms with Crippen LogP contribution in [0.3, 0.4) is 0 Å². The predicted molar refractivity (Wildman–Crippen MR) is 123 cm³/mol. The number of halogens is 2. The van der Waals surface area contributed by atoms with Gasteiger partial charge in [-0.1, -0.05) is 43.8 Å². The average molecular weight is 439 g/mol. The third-order valence-electron chi connectivity index (χ3n) is 7.34. The van der Waals surface area contributed by atoms with E-state index in [4.69, 9.17) is 4.74 Å². The molecule has 0 aromatic heterocycles. The minimum atomic E-state index is -2.52. The molecule has 1 unspecified atom stereocenters. The molecule has 2 aromatic rings. The molecule has 32 heavy (non-hydrogen) atoms. The van der Waals surface area contributed by atoms with Crippen molar-refractivity contribution in [2.24, 2.45) is 11.3 Å². The summed E-state index contributed by atoms with van der Waals surface area (Å²) in [4.78, 5) is 2.46. The van der Waals surface area contributed by atoms with Crippen LogP contribution in [0.25, 0.3) is 0 Å². The Balaban J connectivity index is 1.11. The maximum atomic E-state index is 13.0. The van der Waals surface area contributed by atoms with Crippen LogP contribution in [-0.2, 0) is 26.1 Å². The molecule has 2 saturated carbocycles. The standard InChI is InChI=1S/C27H32F2N2O/c1-19(26(2)10-11-26)30-15-20-3-5-21(6-4-20)16-31-12-9-22-13-25(8-7-23(22)17-31)32-18-24-14-27(24,28)29/h3-8,13,24,30H,1,9-12,14-18H2,2H3. The molecule has 0 bridgehead atoms. The lowest BCUT2D eigenvalue weighted by Crippen LogP contribution is -2.30. The zero-order valence-electron chi connectivity index (χ0n) is 18.8. The summed E-state index contributed by atoms with van der Waals surface area (Å²) in [7, 11) is 0. The van der Waals surface area contributed by atoms with Crippen molar-refractivity contribution in [2.45, 2.75) is 58.2 Å². The Hall–Kier alpha value is -2.40. The van der Waals surface area contributed by atoms with E-state index in [1.54, 1.807) is 0 Å². The highest BCUT2D eigenvalue weighted by atomic mass is 19.3. The first-order valence-corrected chi connectivity index (χ1v) is 11.7. The maximum absolute atomic E-state index is 13.0. The highest BCUT2D eigenvalue weighted by molar-refractivity contribution is 5.37. The van der Waals surface area contributed by atoms with Crippen LogP contribution in [0.1, 0.15) is 48.4 Å². The number of allylic oxidation sites excluding steroid dienone is 1. The number of alkyl halides is 2. The first-order valence-electron chi connectivity index (χ1n) is 11.7. The predicted octanol–water partition coefficient (Wildman–Crippen LogP) is 5.68. The van der Waals surface area contributed by atoms with Gasteiger partial charge in [0.15, 0.2) is 0 Å². The van der Waals surface area contributed by atoms with E-state index in [2.05, 4.69) is 54.1 Å². The summed E-state index contributed by atoms with van der Waals surface area (Å²) in [5.41, 5.74) is 6.63. The van der Waals surface area contributed by atoms with E-state index >= 15 is 0 Å². The van der Waals surface area contributed by atoms with Gasteiger partial charge in [-0.3, -0.25) is 4.90 Å². The summed E-state index contributed by atoms with van der Waals surface area (Å²) in [6, 6.07) is 14.9. The molecule has 1 atom stereocenters. The van der Waals surface area contributed by atoms with Crippen LogP contribution in [0.15, 0.2) is 54.7 Å². The second-order valence-electron chi connectivity index (χ2n) is 10.1. The Morgan fingerprint density at radius 1 is 1.12 bits per heavy atom. The molecule has 3 nitrogen and oxygen atoms in total. The van der Waals surface area contributed by atoms with Gasteiger partial charge in [0.25, 0.3) is 5.92 Å². The SMILES string of the molecule is C=C(NCc1ccc(CN2CCc3cc(OCC4CC4(F)F)ccc3C2)cc1)C1(C)CC1. The molecule has 1 heterocycles. The van der Waals surface area contributed by atoms with Crippen molar-refractivity contribution in [2.75, 3.05) is 13.2 Å². The fraction of sp³-hybridized carbons (Fsp3) is 0.481. The number of fused-ring (bicyclic) bond motifs is 1. The zero-order valence-corrected chi connectivity index (χ0v) is 18.8. The zero-order chi connectivity index (χ0) is 22.3. The lowest BCUT2D eigenvalue weighted by Gasteiger charge is -2.29. The highest BCUT2D eigenvalue weighted by Crippen LogP contribution is 2.50. The highest BCUT2D eigenvalue weighted by Gasteiger charge is 2.57. The number of nitrogens with zero attached hydrogens (tertiary/aromatic N) is 1. The number of benzene rings is 2. The van der Waals surface area contributed by atoms with Gasteiger partial charge >= 0.3 is 0 Å². The Kier molecular flexibility index (Phi) is 5.48. The van der Waals surface area contributed by atoms with Crippen molar-refractivity contribution in [1.82, 2.24) is 10.2 Å². The van der Waals surface area contributed by atoms with Gasteiger partial charge in [0.05, 0.1) is 12.5 Å². The lowest BCUT2D eigenvalue weighted by atomic mass is 9.99. The summed E-state index contributed by atoms with van der Waals surface area (Å²) >= 11 is 0. The molecule has 5 rings (SSSR count). The van der Waals surface area contributed by atoms with E-state index in [-0.39, 0.29) is 13.0 Å². The monoisotopic (exact) mass is 438 g/mol. The number of ether oxygens (including phenoxy) is 1. The van der Waals surface area contributed by atoms with E-state index in [1.807, 2.05) is 12.1 Å². The van der Waals surface area contributed by atoms with Gasteiger partial charge in [0, 0.05) is 43.7 Å². The Labute approximate surface area is 189 Å². The molecule has 0 radical (unpaired) electrons. The molecule has 2 fully saturated rings. The van der Waals surface area contributed by atoms with Crippen LogP contribution in [0, 0.1) is 11.3 Å². The fourth-order valence-corrected chi connectivity index (χ4v) is 4.39. The van der Waals surface area contributed by atoms with Gasteiger partial charge in [-0.15, -0.1) is 0 Å². The number of nitrogens with one attached hydrogen (secondary N) is 1. The number of hydrogen-bond acceptors (Lipinski definition) is 3. The van der Waals surface area contributed by atoms with Crippen molar-refractivity contribution in [3.63, 3.8) is 0 Å². The molecule has 5 heteroatoms. The second-order valence-corrected chi connectivity index (χ2v) is 10.1. The smallest absolute Gasteiger partial charge is 0.255 e. The van der Waals surface area contributed by atoms with Crippen molar-refractivity contribution in [1.29, 1.82) is 0 Å². The van der Waals surface area contributed by atoms with E-state index < -0.39 is 11.8 Å². The first kappa shape index (κ1) is 21.4. The Morgan fingerprint density at radius 2 is 1.84 bits per heavy atom.